The lowest BCUT2D eigenvalue weighted by atomic mass is 10.0. The Labute approximate surface area is 135 Å². The van der Waals surface area contributed by atoms with Gasteiger partial charge in [0.05, 0.1) is 5.69 Å². The van der Waals surface area contributed by atoms with Crippen LogP contribution in [-0.2, 0) is 0 Å². The average Bonchev–Trinajstić information content (AvgIpc) is 2.95. The molecule has 2 heteroatoms. The maximum Gasteiger partial charge on any atom is 0.139 e. The minimum Gasteiger partial charge on any atom is -0.506 e. The van der Waals surface area contributed by atoms with Crippen molar-refractivity contribution in [1.29, 1.82) is 0 Å². The van der Waals surface area contributed by atoms with Gasteiger partial charge in [-0.15, -0.1) is 0 Å². The molecule has 0 spiro atoms. The molecule has 23 heavy (non-hydrogen) atoms. The van der Waals surface area contributed by atoms with Crippen LogP contribution in [0.4, 0.5) is 11.4 Å². The molecule has 0 fully saturated rings. The van der Waals surface area contributed by atoms with Gasteiger partial charge in [-0.1, -0.05) is 60.7 Å². The molecule has 0 amide bonds. The van der Waals surface area contributed by atoms with E-state index in [0.29, 0.717) is 5.75 Å². The molecular formula is C21H17NO. The predicted octanol–water partition coefficient (Wildman–Crippen LogP) is 5.08. The number of para-hydroxylation sites is 3. The van der Waals surface area contributed by atoms with Crippen LogP contribution in [0.15, 0.2) is 78.9 Å². The van der Waals surface area contributed by atoms with E-state index in [2.05, 4.69) is 41.3 Å². The largest absolute Gasteiger partial charge is 0.506 e. The second-order valence-corrected chi connectivity index (χ2v) is 5.67. The fraction of sp³-hybridized carbons (Fsp3) is 0.0476. The highest BCUT2D eigenvalue weighted by Gasteiger charge is 2.25. The van der Waals surface area contributed by atoms with Crippen molar-refractivity contribution in [3.8, 4) is 5.75 Å². The summed E-state index contributed by atoms with van der Waals surface area (Å²) in [7, 11) is 0. The summed E-state index contributed by atoms with van der Waals surface area (Å²) in [5.74, 6) is 0.309. The number of aromatic hydroxyl groups is 1. The predicted molar refractivity (Wildman–Crippen MR) is 95.9 cm³/mol. The van der Waals surface area contributed by atoms with Crippen LogP contribution >= 0.6 is 0 Å². The van der Waals surface area contributed by atoms with Gasteiger partial charge >= 0.3 is 0 Å². The molecule has 0 aromatic heterocycles. The van der Waals surface area contributed by atoms with E-state index in [1.807, 2.05) is 42.5 Å². The molecule has 0 atom stereocenters. The molecular weight excluding hydrogens is 282 g/mol. The summed E-state index contributed by atoms with van der Waals surface area (Å²) in [5.41, 5.74) is 5.65. The Hall–Kier alpha value is -3.00. The second kappa shape index (κ2) is 5.65. The standard InChI is InChI=1S/C21H17NO/c23-21-13-7-6-12-20(21)22-15-17(14-16-8-2-1-3-9-16)18-10-4-5-11-19(18)22/h1-14,23H,15H2. The first kappa shape index (κ1) is 13.6. The van der Waals surface area contributed by atoms with E-state index in [1.165, 1.54) is 16.7 Å². The molecule has 0 unspecified atom stereocenters. The van der Waals surface area contributed by atoms with E-state index in [0.717, 1.165) is 17.9 Å². The normalized spacial score (nSPS) is 15.0. The first-order chi connectivity index (χ1) is 11.3. The topological polar surface area (TPSA) is 23.5 Å². The zero-order valence-corrected chi connectivity index (χ0v) is 12.7. The van der Waals surface area contributed by atoms with E-state index in [9.17, 15) is 5.11 Å². The van der Waals surface area contributed by atoms with Gasteiger partial charge in [0, 0.05) is 17.8 Å². The zero-order valence-electron chi connectivity index (χ0n) is 12.7. The summed E-state index contributed by atoms with van der Waals surface area (Å²) >= 11 is 0. The molecule has 1 heterocycles. The highest BCUT2D eigenvalue weighted by atomic mass is 16.3. The summed E-state index contributed by atoms with van der Waals surface area (Å²) in [6.45, 7) is 0.756. The van der Waals surface area contributed by atoms with E-state index in [-0.39, 0.29) is 0 Å². The number of nitrogens with zero attached hydrogens (tertiary/aromatic N) is 1. The molecule has 1 aliphatic heterocycles. The molecule has 4 rings (SSSR count). The van der Waals surface area contributed by atoms with Crippen molar-refractivity contribution in [1.82, 2.24) is 0 Å². The highest BCUT2D eigenvalue weighted by Crippen LogP contribution is 2.43. The Morgan fingerprint density at radius 2 is 1.39 bits per heavy atom. The first-order valence-electron chi connectivity index (χ1n) is 7.73. The Bertz CT molecular complexity index is 868. The Morgan fingerprint density at radius 1 is 0.739 bits per heavy atom. The summed E-state index contributed by atoms with van der Waals surface area (Å²) in [6, 6.07) is 26.2. The molecule has 0 saturated carbocycles. The van der Waals surface area contributed by atoms with Crippen LogP contribution in [0.2, 0.25) is 0 Å². The molecule has 1 N–H and O–H groups in total. The first-order valence-corrected chi connectivity index (χ1v) is 7.73. The van der Waals surface area contributed by atoms with Crippen molar-refractivity contribution in [3.63, 3.8) is 0 Å². The number of phenolic OH excluding ortho intramolecular Hbond substituents is 1. The van der Waals surface area contributed by atoms with Crippen molar-refractivity contribution >= 4 is 23.0 Å². The smallest absolute Gasteiger partial charge is 0.139 e. The van der Waals surface area contributed by atoms with Crippen LogP contribution in [0.3, 0.4) is 0 Å². The second-order valence-electron chi connectivity index (χ2n) is 5.67. The fourth-order valence-electron chi connectivity index (χ4n) is 3.10. The lowest BCUT2D eigenvalue weighted by Crippen LogP contribution is -2.12. The number of hydrogen-bond donors (Lipinski definition) is 1. The lowest BCUT2D eigenvalue weighted by molar-refractivity contribution is 0.476. The van der Waals surface area contributed by atoms with Gasteiger partial charge in [-0.3, -0.25) is 0 Å². The number of fused-ring (bicyclic) bond motifs is 1. The SMILES string of the molecule is Oc1ccccc1N1CC(=Cc2ccccc2)c2ccccc21. The highest BCUT2D eigenvalue weighted by molar-refractivity contribution is 5.96. The van der Waals surface area contributed by atoms with Crippen LogP contribution in [-0.4, -0.2) is 11.7 Å². The van der Waals surface area contributed by atoms with Crippen molar-refractivity contribution in [3.05, 3.63) is 90.0 Å². The summed E-state index contributed by atoms with van der Waals surface area (Å²) in [4.78, 5) is 2.17. The summed E-state index contributed by atoms with van der Waals surface area (Å²) < 4.78 is 0. The van der Waals surface area contributed by atoms with Crippen LogP contribution in [0.25, 0.3) is 11.6 Å². The monoisotopic (exact) mass is 299 g/mol. The average molecular weight is 299 g/mol. The molecule has 112 valence electrons. The molecule has 0 saturated heterocycles. The van der Waals surface area contributed by atoms with Gasteiger partial charge in [0.2, 0.25) is 0 Å². The number of benzene rings is 3. The zero-order chi connectivity index (χ0) is 15.6. The molecule has 2 nitrogen and oxygen atoms in total. The summed E-state index contributed by atoms with van der Waals surface area (Å²) in [6.07, 6.45) is 2.22. The Balaban J connectivity index is 1.81. The number of hydrogen-bond acceptors (Lipinski definition) is 2. The van der Waals surface area contributed by atoms with Gasteiger partial charge in [0.1, 0.15) is 5.75 Å². The van der Waals surface area contributed by atoms with E-state index >= 15 is 0 Å². The third-order valence-electron chi connectivity index (χ3n) is 4.18. The van der Waals surface area contributed by atoms with E-state index in [4.69, 9.17) is 0 Å². The van der Waals surface area contributed by atoms with E-state index in [1.54, 1.807) is 6.07 Å². The van der Waals surface area contributed by atoms with Crippen molar-refractivity contribution in [2.75, 3.05) is 11.4 Å². The van der Waals surface area contributed by atoms with Gasteiger partial charge in [-0.2, -0.15) is 0 Å². The van der Waals surface area contributed by atoms with Crippen LogP contribution in [0, 0.1) is 0 Å². The quantitative estimate of drug-likeness (QED) is 0.713. The van der Waals surface area contributed by atoms with Gasteiger partial charge in [-0.05, 0) is 35.4 Å². The molecule has 0 bridgehead atoms. The Kier molecular flexibility index (Phi) is 3.35. The molecule has 3 aromatic rings. The van der Waals surface area contributed by atoms with Gasteiger partial charge < -0.3 is 10.0 Å². The van der Waals surface area contributed by atoms with Crippen molar-refractivity contribution in [2.45, 2.75) is 0 Å². The van der Waals surface area contributed by atoms with Gasteiger partial charge in [0.15, 0.2) is 0 Å². The number of rotatable bonds is 2. The number of anilines is 2. The van der Waals surface area contributed by atoms with Crippen molar-refractivity contribution in [2.24, 2.45) is 0 Å². The van der Waals surface area contributed by atoms with Crippen LogP contribution < -0.4 is 4.90 Å². The molecule has 0 radical (unpaired) electrons. The van der Waals surface area contributed by atoms with Crippen molar-refractivity contribution < 1.29 is 5.11 Å². The third-order valence-corrected chi connectivity index (χ3v) is 4.18. The maximum atomic E-state index is 10.2. The number of phenols is 1. The Morgan fingerprint density at radius 3 is 2.17 bits per heavy atom. The minimum absolute atomic E-state index is 0.309. The van der Waals surface area contributed by atoms with Gasteiger partial charge in [-0.25, -0.2) is 0 Å². The maximum absolute atomic E-state index is 10.2. The third kappa shape index (κ3) is 2.49. The molecule has 3 aromatic carbocycles. The van der Waals surface area contributed by atoms with Gasteiger partial charge in [0.25, 0.3) is 0 Å². The molecule has 1 aliphatic rings. The lowest BCUT2D eigenvalue weighted by Gasteiger charge is -2.20. The summed E-state index contributed by atoms with van der Waals surface area (Å²) in [5, 5.41) is 10.2. The van der Waals surface area contributed by atoms with Crippen LogP contribution in [0.5, 0.6) is 5.75 Å². The fourth-order valence-corrected chi connectivity index (χ4v) is 3.10. The van der Waals surface area contributed by atoms with Crippen LogP contribution in [0.1, 0.15) is 11.1 Å². The van der Waals surface area contributed by atoms with E-state index < -0.39 is 0 Å². The molecule has 0 aliphatic carbocycles. The minimum atomic E-state index is 0.309.